The molecular weight excluding hydrogens is 300 g/mol. The molecule has 3 rings (SSSR count). The maximum absolute atomic E-state index is 12.4. The number of hydrogen-bond donors (Lipinski definition) is 1. The van der Waals surface area contributed by atoms with Gasteiger partial charge < -0.3 is 10.1 Å². The van der Waals surface area contributed by atoms with Crippen LogP contribution in [0.5, 0.6) is 0 Å². The number of amides is 1. The van der Waals surface area contributed by atoms with Crippen molar-refractivity contribution >= 4 is 17.2 Å². The van der Waals surface area contributed by atoms with Gasteiger partial charge in [0, 0.05) is 43.9 Å². The minimum atomic E-state index is -0.192. The van der Waals surface area contributed by atoms with Crippen LogP contribution in [-0.4, -0.2) is 33.8 Å². The average molecular weight is 320 g/mol. The van der Waals surface area contributed by atoms with E-state index in [9.17, 15) is 4.79 Å². The molecule has 22 heavy (non-hydrogen) atoms. The molecule has 7 heteroatoms. The van der Waals surface area contributed by atoms with Crippen LogP contribution in [0.2, 0.25) is 0 Å². The zero-order valence-corrected chi connectivity index (χ0v) is 13.4. The maximum Gasteiger partial charge on any atom is 0.226 e. The predicted molar refractivity (Wildman–Crippen MR) is 83.5 cm³/mol. The van der Waals surface area contributed by atoms with Gasteiger partial charge in [0.1, 0.15) is 6.10 Å². The van der Waals surface area contributed by atoms with Gasteiger partial charge >= 0.3 is 0 Å². The Morgan fingerprint density at radius 1 is 1.55 bits per heavy atom. The Hall–Kier alpha value is -1.73. The van der Waals surface area contributed by atoms with Crippen LogP contribution in [0.25, 0.3) is 0 Å². The maximum atomic E-state index is 12.4. The van der Waals surface area contributed by atoms with Crippen molar-refractivity contribution in [3.63, 3.8) is 0 Å². The number of rotatable bonds is 6. The van der Waals surface area contributed by atoms with Crippen molar-refractivity contribution in [1.29, 1.82) is 0 Å². The van der Waals surface area contributed by atoms with Crippen molar-refractivity contribution < 1.29 is 9.53 Å². The normalized spacial score (nSPS) is 21.1. The van der Waals surface area contributed by atoms with Gasteiger partial charge in [0.2, 0.25) is 5.91 Å². The first-order chi connectivity index (χ1) is 10.8. The Balaban J connectivity index is 1.59. The van der Waals surface area contributed by atoms with E-state index in [0.29, 0.717) is 13.2 Å². The summed E-state index contributed by atoms with van der Waals surface area (Å²) in [7, 11) is 0. The van der Waals surface area contributed by atoms with E-state index in [-0.39, 0.29) is 17.9 Å². The zero-order valence-electron chi connectivity index (χ0n) is 12.6. The molecule has 1 aliphatic heterocycles. The predicted octanol–water partition coefficient (Wildman–Crippen LogP) is 1.80. The molecule has 1 fully saturated rings. The van der Waals surface area contributed by atoms with E-state index in [1.807, 2.05) is 23.1 Å². The average Bonchev–Trinajstić information content (AvgIpc) is 3.26. The smallest absolute Gasteiger partial charge is 0.226 e. The van der Waals surface area contributed by atoms with Crippen LogP contribution in [0.3, 0.4) is 0 Å². The van der Waals surface area contributed by atoms with Gasteiger partial charge in [-0.25, -0.2) is 4.98 Å². The number of thiazole rings is 1. The van der Waals surface area contributed by atoms with Crippen molar-refractivity contribution in [1.82, 2.24) is 20.1 Å². The Morgan fingerprint density at radius 2 is 2.45 bits per heavy atom. The van der Waals surface area contributed by atoms with Crippen LogP contribution in [0.15, 0.2) is 23.8 Å². The highest BCUT2D eigenvalue weighted by molar-refractivity contribution is 7.09. The molecule has 118 valence electrons. The van der Waals surface area contributed by atoms with Crippen molar-refractivity contribution in [2.45, 2.75) is 32.4 Å². The molecule has 1 amide bonds. The first-order valence-corrected chi connectivity index (χ1v) is 8.47. The van der Waals surface area contributed by atoms with Crippen LogP contribution in [-0.2, 0) is 22.5 Å². The summed E-state index contributed by atoms with van der Waals surface area (Å²) in [5.74, 6) is -0.0822. The quantitative estimate of drug-likeness (QED) is 0.881. The van der Waals surface area contributed by atoms with Gasteiger partial charge in [0.05, 0.1) is 16.6 Å². The minimum Gasteiger partial charge on any atom is -0.371 e. The molecule has 1 saturated heterocycles. The SMILES string of the molecule is CCn1nccc1[C@@H]1OCC[C@H]1C(=O)NCCc1nccs1. The second-order valence-corrected chi connectivity index (χ2v) is 6.20. The topological polar surface area (TPSA) is 69.0 Å². The fourth-order valence-electron chi connectivity index (χ4n) is 2.80. The first kappa shape index (κ1) is 15.2. The molecule has 0 spiro atoms. The van der Waals surface area contributed by atoms with Crippen molar-refractivity contribution in [3.05, 3.63) is 34.5 Å². The Labute approximate surface area is 133 Å². The van der Waals surface area contributed by atoms with Crippen molar-refractivity contribution in [2.75, 3.05) is 13.2 Å². The molecule has 0 aliphatic carbocycles. The van der Waals surface area contributed by atoms with E-state index in [1.54, 1.807) is 23.7 Å². The molecule has 2 atom stereocenters. The number of carbonyl (C=O) groups is 1. The Kier molecular flexibility index (Phi) is 4.84. The number of nitrogens with one attached hydrogen (secondary N) is 1. The summed E-state index contributed by atoms with van der Waals surface area (Å²) in [4.78, 5) is 16.7. The molecule has 2 aromatic rings. The fourth-order valence-corrected chi connectivity index (χ4v) is 3.42. The molecule has 3 heterocycles. The third-order valence-electron chi connectivity index (χ3n) is 3.89. The fraction of sp³-hybridized carbons (Fsp3) is 0.533. The Morgan fingerprint density at radius 3 is 3.23 bits per heavy atom. The number of ether oxygens (including phenoxy) is 1. The monoisotopic (exact) mass is 320 g/mol. The highest BCUT2D eigenvalue weighted by atomic mass is 32.1. The number of aryl methyl sites for hydroxylation is 1. The van der Waals surface area contributed by atoms with E-state index in [1.165, 1.54) is 0 Å². The summed E-state index contributed by atoms with van der Waals surface area (Å²) < 4.78 is 7.69. The van der Waals surface area contributed by atoms with Gasteiger partial charge in [0.15, 0.2) is 0 Å². The van der Waals surface area contributed by atoms with Gasteiger partial charge in [-0.1, -0.05) is 0 Å². The molecule has 2 aromatic heterocycles. The molecule has 0 radical (unpaired) electrons. The van der Waals surface area contributed by atoms with Crippen LogP contribution in [0.1, 0.15) is 30.2 Å². The van der Waals surface area contributed by atoms with Crippen LogP contribution in [0, 0.1) is 5.92 Å². The summed E-state index contributed by atoms with van der Waals surface area (Å²) in [6.07, 6.45) is 4.88. The van der Waals surface area contributed by atoms with Crippen molar-refractivity contribution in [2.24, 2.45) is 5.92 Å². The summed E-state index contributed by atoms with van der Waals surface area (Å²) >= 11 is 1.61. The molecule has 0 saturated carbocycles. The van der Waals surface area contributed by atoms with E-state index in [0.717, 1.165) is 30.1 Å². The zero-order chi connectivity index (χ0) is 15.4. The standard InChI is InChI=1S/C15H20N4O2S/c1-2-19-12(3-7-18-19)14-11(5-9-21-14)15(20)17-6-4-13-16-8-10-22-13/h3,7-8,10-11,14H,2,4-6,9H2,1H3,(H,17,20)/t11-,14-/m1/s1. The lowest BCUT2D eigenvalue weighted by Crippen LogP contribution is -2.34. The lowest BCUT2D eigenvalue weighted by atomic mass is 9.98. The van der Waals surface area contributed by atoms with Crippen LogP contribution < -0.4 is 5.32 Å². The molecule has 0 bridgehead atoms. The second-order valence-electron chi connectivity index (χ2n) is 5.23. The molecule has 6 nitrogen and oxygen atoms in total. The molecule has 1 N–H and O–H groups in total. The van der Waals surface area contributed by atoms with Gasteiger partial charge in [-0.15, -0.1) is 11.3 Å². The summed E-state index contributed by atoms with van der Waals surface area (Å²) in [6.45, 7) is 4.04. The van der Waals surface area contributed by atoms with Crippen molar-refractivity contribution in [3.8, 4) is 0 Å². The van der Waals surface area contributed by atoms with Gasteiger partial charge in [-0.2, -0.15) is 5.10 Å². The molecule has 1 aliphatic rings. The third-order valence-corrected chi connectivity index (χ3v) is 4.73. The number of carbonyl (C=O) groups excluding carboxylic acids is 1. The summed E-state index contributed by atoms with van der Waals surface area (Å²) in [5, 5.41) is 10.3. The summed E-state index contributed by atoms with van der Waals surface area (Å²) in [5.41, 5.74) is 0.986. The van der Waals surface area contributed by atoms with Gasteiger partial charge in [-0.3, -0.25) is 9.48 Å². The molecule has 0 aromatic carbocycles. The number of nitrogens with zero attached hydrogens (tertiary/aromatic N) is 3. The molecular formula is C15H20N4O2S. The van der Waals surface area contributed by atoms with Gasteiger partial charge in [-0.05, 0) is 19.4 Å². The minimum absolute atomic E-state index is 0.0582. The summed E-state index contributed by atoms with van der Waals surface area (Å²) in [6, 6.07) is 1.94. The van der Waals surface area contributed by atoms with E-state index < -0.39 is 0 Å². The lowest BCUT2D eigenvalue weighted by Gasteiger charge is -2.19. The van der Waals surface area contributed by atoms with Crippen LogP contribution >= 0.6 is 11.3 Å². The number of aromatic nitrogens is 3. The van der Waals surface area contributed by atoms with Gasteiger partial charge in [0.25, 0.3) is 0 Å². The number of hydrogen-bond acceptors (Lipinski definition) is 5. The Bertz CT molecular complexity index is 611. The second kappa shape index (κ2) is 7.02. The van der Waals surface area contributed by atoms with E-state index in [4.69, 9.17) is 4.74 Å². The van der Waals surface area contributed by atoms with Crippen LogP contribution in [0.4, 0.5) is 0 Å². The largest absolute Gasteiger partial charge is 0.371 e. The van der Waals surface area contributed by atoms with E-state index >= 15 is 0 Å². The first-order valence-electron chi connectivity index (χ1n) is 7.59. The highest BCUT2D eigenvalue weighted by Crippen LogP contribution is 2.34. The van der Waals surface area contributed by atoms with E-state index in [2.05, 4.69) is 15.4 Å². The molecule has 0 unspecified atom stereocenters. The lowest BCUT2D eigenvalue weighted by molar-refractivity contribution is -0.126. The highest BCUT2D eigenvalue weighted by Gasteiger charge is 2.36. The third kappa shape index (κ3) is 3.20.